The minimum atomic E-state index is 0.307. The van der Waals surface area contributed by atoms with Gasteiger partial charge in [0.25, 0.3) is 5.89 Å². The average Bonchev–Trinajstić information content (AvgIpc) is 2.97. The monoisotopic (exact) mass is 308 g/mol. The number of pyridine rings is 1. The van der Waals surface area contributed by atoms with Crippen molar-refractivity contribution in [1.29, 1.82) is 0 Å². The van der Waals surface area contributed by atoms with Crippen molar-refractivity contribution < 1.29 is 4.52 Å². The summed E-state index contributed by atoms with van der Waals surface area (Å²) in [5, 5.41) is 4.97. The van der Waals surface area contributed by atoms with Gasteiger partial charge in [0, 0.05) is 35.1 Å². The predicted octanol–water partition coefficient (Wildman–Crippen LogP) is 2.50. The lowest BCUT2D eigenvalue weighted by Gasteiger charge is -2.24. The predicted molar refractivity (Wildman–Crippen MR) is 82.5 cm³/mol. The minimum Gasteiger partial charge on any atom is -0.334 e. The molecule has 5 nitrogen and oxygen atoms in total. The Hall–Kier alpha value is -1.05. The third-order valence-electron chi connectivity index (χ3n) is 3.16. The molecule has 1 saturated heterocycles. The molecule has 3 heterocycles. The van der Waals surface area contributed by atoms with Crippen LogP contribution in [0.1, 0.15) is 23.7 Å². The van der Waals surface area contributed by atoms with E-state index in [1.165, 1.54) is 5.75 Å². The van der Waals surface area contributed by atoms with E-state index in [2.05, 4.69) is 22.0 Å². The van der Waals surface area contributed by atoms with Gasteiger partial charge in [-0.05, 0) is 12.1 Å². The molecule has 7 heteroatoms. The number of rotatable bonds is 3. The lowest BCUT2D eigenvalue weighted by molar-refractivity contribution is 0.421. The van der Waals surface area contributed by atoms with Crippen LogP contribution >= 0.6 is 23.5 Å². The van der Waals surface area contributed by atoms with E-state index in [4.69, 9.17) is 10.3 Å². The second-order valence-corrected chi connectivity index (χ2v) is 7.30. The Labute approximate surface area is 126 Å². The molecule has 0 amide bonds. The fourth-order valence-corrected chi connectivity index (χ4v) is 4.79. The third kappa shape index (κ3) is 2.84. The number of hydrogen-bond acceptors (Lipinski definition) is 7. The smallest absolute Gasteiger partial charge is 0.258 e. The lowest BCUT2D eigenvalue weighted by atomic mass is 10.2. The van der Waals surface area contributed by atoms with Gasteiger partial charge in [-0.1, -0.05) is 12.1 Å². The van der Waals surface area contributed by atoms with Crippen molar-refractivity contribution in [2.24, 2.45) is 5.73 Å². The molecule has 2 N–H and O–H groups in total. The number of aromatic nitrogens is 3. The van der Waals surface area contributed by atoms with E-state index < -0.39 is 0 Å². The summed E-state index contributed by atoms with van der Waals surface area (Å²) in [6.07, 6.45) is 1.72. The van der Waals surface area contributed by atoms with Gasteiger partial charge in [-0.15, -0.1) is 11.8 Å². The zero-order valence-electron chi connectivity index (χ0n) is 11.2. The number of hydrogen-bond donors (Lipinski definition) is 1. The molecule has 3 rings (SSSR count). The summed E-state index contributed by atoms with van der Waals surface area (Å²) < 4.78 is 5.40. The SMILES string of the molecule is CC1SCCSC1c1noc(-c2ccnc(CN)c2)n1. The molecule has 0 spiro atoms. The van der Waals surface area contributed by atoms with Crippen molar-refractivity contribution in [2.75, 3.05) is 11.5 Å². The van der Waals surface area contributed by atoms with E-state index in [0.717, 1.165) is 22.8 Å². The first-order valence-electron chi connectivity index (χ1n) is 6.50. The van der Waals surface area contributed by atoms with Gasteiger partial charge >= 0.3 is 0 Å². The molecule has 2 unspecified atom stereocenters. The molecule has 1 aliphatic heterocycles. The molecule has 0 bridgehead atoms. The fraction of sp³-hybridized carbons (Fsp3) is 0.462. The fourth-order valence-electron chi connectivity index (χ4n) is 2.11. The number of nitrogens with zero attached hydrogens (tertiary/aromatic N) is 3. The van der Waals surface area contributed by atoms with E-state index in [1.54, 1.807) is 6.20 Å². The van der Waals surface area contributed by atoms with Crippen LogP contribution in [0, 0.1) is 0 Å². The van der Waals surface area contributed by atoms with Crippen LogP contribution in [0.5, 0.6) is 0 Å². The van der Waals surface area contributed by atoms with Gasteiger partial charge in [0.05, 0.1) is 10.9 Å². The molecule has 0 aliphatic carbocycles. The van der Waals surface area contributed by atoms with E-state index >= 15 is 0 Å². The summed E-state index contributed by atoms with van der Waals surface area (Å²) in [7, 11) is 0. The molecule has 106 valence electrons. The van der Waals surface area contributed by atoms with Crippen molar-refractivity contribution in [3.63, 3.8) is 0 Å². The van der Waals surface area contributed by atoms with Crippen LogP contribution in [-0.2, 0) is 6.54 Å². The highest BCUT2D eigenvalue weighted by atomic mass is 32.2. The van der Waals surface area contributed by atoms with Crippen molar-refractivity contribution >= 4 is 23.5 Å². The van der Waals surface area contributed by atoms with Crippen molar-refractivity contribution in [1.82, 2.24) is 15.1 Å². The molecule has 1 aliphatic rings. The van der Waals surface area contributed by atoms with Gasteiger partial charge in [-0.3, -0.25) is 4.98 Å². The van der Waals surface area contributed by atoms with E-state index in [9.17, 15) is 0 Å². The Balaban J connectivity index is 1.85. The number of nitrogens with two attached hydrogens (primary N) is 1. The van der Waals surface area contributed by atoms with Gasteiger partial charge in [-0.25, -0.2) is 0 Å². The molecule has 0 saturated carbocycles. The summed E-state index contributed by atoms with van der Waals surface area (Å²) in [6.45, 7) is 2.62. The zero-order chi connectivity index (χ0) is 13.9. The summed E-state index contributed by atoms with van der Waals surface area (Å²) in [4.78, 5) is 8.72. The first-order chi connectivity index (χ1) is 9.78. The molecule has 1 fully saturated rings. The topological polar surface area (TPSA) is 77.8 Å². The van der Waals surface area contributed by atoms with Gasteiger partial charge < -0.3 is 10.3 Å². The summed E-state index contributed by atoms with van der Waals surface area (Å²) in [5.74, 6) is 3.66. The Morgan fingerprint density at radius 3 is 3.05 bits per heavy atom. The highest BCUT2D eigenvalue weighted by molar-refractivity contribution is 8.06. The summed E-state index contributed by atoms with van der Waals surface area (Å²) >= 11 is 3.87. The maximum atomic E-state index is 5.60. The Kier molecular flexibility index (Phi) is 4.28. The molecule has 2 atom stereocenters. The van der Waals surface area contributed by atoms with E-state index in [1.807, 2.05) is 35.7 Å². The lowest BCUT2D eigenvalue weighted by Crippen LogP contribution is -2.16. The van der Waals surface area contributed by atoms with Gasteiger partial charge in [-0.2, -0.15) is 16.7 Å². The van der Waals surface area contributed by atoms with Crippen molar-refractivity contribution in [3.8, 4) is 11.5 Å². The standard InChI is InChI=1S/C13H16N4OS2/c1-8-11(20-5-4-19-8)12-16-13(18-17-12)9-2-3-15-10(6-9)7-14/h2-3,6,8,11H,4-5,7,14H2,1H3. The second-order valence-electron chi connectivity index (χ2n) is 4.57. The van der Waals surface area contributed by atoms with Crippen LogP contribution in [0.25, 0.3) is 11.5 Å². The van der Waals surface area contributed by atoms with Gasteiger partial charge in [0.1, 0.15) is 0 Å². The van der Waals surface area contributed by atoms with Crippen molar-refractivity contribution in [2.45, 2.75) is 24.0 Å². The highest BCUT2D eigenvalue weighted by Crippen LogP contribution is 2.41. The normalized spacial score (nSPS) is 22.9. The number of thioether (sulfide) groups is 2. The maximum absolute atomic E-state index is 5.60. The Morgan fingerprint density at radius 1 is 1.40 bits per heavy atom. The molecule has 2 aromatic heterocycles. The average molecular weight is 308 g/mol. The van der Waals surface area contributed by atoms with Crippen LogP contribution in [0.3, 0.4) is 0 Å². The van der Waals surface area contributed by atoms with Gasteiger partial charge in [0.2, 0.25) is 0 Å². The van der Waals surface area contributed by atoms with Crippen LogP contribution in [-0.4, -0.2) is 31.9 Å². The molecule has 0 aromatic carbocycles. The van der Waals surface area contributed by atoms with E-state index in [0.29, 0.717) is 22.9 Å². The van der Waals surface area contributed by atoms with Crippen LogP contribution in [0.15, 0.2) is 22.9 Å². The molecule has 0 radical (unpaired) electrons. The highest BCUT2D eigenvalue weighted by Gasteiger charge is 2.28. The first kappa shape index (κ1) is 13.9. The Bertz CT molecular complexity index is 589. The van der Waals surface area contributed by atoms with Gasteiger partial charge in [0.15, 0.2) is 5.82 Å². The zero-order valence-corrected chi connectivity index (χ0v) is 12.8. The molecular weight excluding hydrogens is 292 g/mol. The summed E-state index contributed by atoms with van der Waals surface area (Å²) in [6, 6.07) is 3.76. The third-order valence-corrected chi connectivity index (χ3v) is 6.24. The first-order valence-corrected chi connectivity index (χ1v) is 8.60. The largest absolute Gasteiger partial charge is 0.334 e. The molecule has 20 heavy (non-hydrogen) atoms. The van der Waals surface area contributed by atoms with E-state index in [-0.39, 0.29) is 0 Å². The van der Waals surface area contributed by atoms with Crippen molar-refractivity contribution in [3.05, 3.63) is 29.8 Å². The summed E-state index contributed by atoms with van der Waals surface area (Å²) in [5.41, 5.74) is 7.29. The minimum absolute atomic E-state index is 0.307. The second kappa shape index (κ2) is 6.15. The van der Waals surface area contributed by atoms with Crippen LogP contribution in [0.4, 0.5) is 0 Å². The van der Waals surface area contributed by atoms with Crippen LogP contribution in [0.2, 0.25) is 0 Å². The molecular formula is C13H16N4OS2. The van der Waals surface area contributed by atoms with Crippen LogP contribution < -0.4 is 5.73 Å². The molecule has 2 aromatic rings. The maximum Gasteiger partial charge on any atom is 0.258 e. The quantitative estimate of drug-likeness (QED) is 0.933. The Morgan fingerprint density at radius 2 is 2.25 bits per heavy atom.